The minimum Gasteiger partial charge on any atom is -0.481 e. The second kappa shape index (κ2) is 62.2. The fourth-order valence-electron chi connectivity index (χ4n) is 8.95. The SMILES string of the molecule is CB(O)NCCCCC(C)C(=O)O.CCC(NC(=O)C(C)CNB(C)O)C(=O)O.CCNC(=O)C(CC)NC(=O)C(C)CNB(C)O.CCNC(=O)C(CC)NC(=O)C(CNB(C)O)NC(=O)CP=S.O=C(O)CNC(=O)C(CC(=O)O)NC(=O)C(CNC(=O)CNC(=O)CC1SCC2NC(=O)NC21)NC(=O)CP=S.[3HH].[3HH]. The first kappa shape index (κ1) is 107. The van der Waals surface area contributed by atoms with Gasteiger partial charge in [0.1, 0.15) is 42.8 Å². The van der Waals surface area contributed by atoms with E-state index in [2.05, 4.69) is 84.7 Å². The van der Waals surface area contributed by atoms with Gasteiger partial charge in [-0.2, -0.15) is 11.8 Å². The van der Waals surface area contributed by atoms with Crippen molar-refractivity contribution in [1.29, 1.82) is 0 Å². The van der Waals surface area contributed by atoms with E-state index in [4.69, 9.17) is 59.1 Å². The number of carboxylic acids is 4. The van der Waals surface area contributed by atoms with E-state index < -0.39 is 150 Å². The first-order chi connectivity index (χ1) is 51.6. The Bertz CT molecular complexity index is 2980. The highest BCUT2D eigenvalue weighted by molar-refractivity contribution is 8.00. The van der Waals surface area contributed by atoms with E-state index >= 15 is 0 Å². The zero-order valence-electron chi connectivity index (χ0n) is 64.1. The summed E-state index contributed by atoms with van der Waals surface area (Å²) in [4.78, 5) is 187. The summed E-state index contributed by atoms with van der Waals surface area (Å²) in [7, 11) is -1.90. The number of fused-ring (bicyclic) bond motifs is 1. The third-order valence-corrected chi connectivity index (χ3v) is 18.2. The van der Waals surface area contributed by atoms with Gasteiger partial charge >= 0.3 is 58.1 Å². The average molecular weight is 1670 g/mol. The Morgan fingerprint density at radius 1 is 0.473 bits per heavy atom. The topological polar surface area (TPSA) is 639 Å². The van der Waals surface area contributed by atoms with Crippen LogP contribution in [0.4, 0.5) is 4.79 Å². The molecular weight excluding hydrogens is 1540 g/mol. The van der Waals surface area contributed by atoms with Gasteiger partial charge in [0.25, 0.3) is 0 Å². The van der Waals surface area contributed by atoms with Crippen LogP contribution in [0, 0.1) is 17.8 Å². The lowest BCUT2D eigenvalue weighted by Crippen LogP contribution is -2.58. The van der Waals surface area contributed by atoms with Crippen molar-refractivity contribution in [3.05, 3.63) is 0 Å². The fraction of sp³-hybridized carbons (Fsp3) is 0.733. The van der Waals surface area contributed by atoms with E-state index in [1.54, 1.807) is 62.0 Å². The summed E-state index contributed by atoms with van der Waals surface area (Å²) in [6, 6.07) is -6.63. The quantitative estimate of drug-likeness (QED) is 0.0117. The molecule has 0 aromatic rings. The standard InChI is InChI=1S/C20H28N7O10PS2.C12H24BN4O4PS.C11H24BN3O3.C9H19BN2O4.C8H18BNO3.2H2/c28-12(2-11-17-10(7-40-11)26-20(37)27-17)22-4-13(29)21-3-9(24-14(30)6-38-39)19(36)25-8(1-15(31)32)18(35)23-5-16(33)34;1-4-8(11(19)14-5-2)17-12(20)9(6-15-13(3)21)16-10(18)7-22-23;1-5-9(11(17)13-6-2)15-10(16)8(3)7-14-12(4)18;1-4-7(9(14)15)12-8(13)6(2)5-11-10(3)16;1-7(8(11)12)5-3-4-6-10-9(2)13;;/h8-11,17H,1-7H2,(H,21,29)(H,22,28)(H,23,35)(H,24,30)(H,25,36)(H,31,32)(H,33,34)(H2,26,27,37);8-9,15,21H,4-7H2,1-3H3,(H,14,19)(H,16,18)(H,17,20);8-9,14,18H,5-7H2,1-4H3,(H,13,17)(H,15,16);6-7,11,16H,4-5H2,1-3H3,(H,12,13)(H,14,15);7,10,13H,3-6H2,1-2H3,(H,11,12);2*1H/i;;;;;2*1+2. The molecule has 12 unspecified atom stereocenters. The third-order valence-electron chi connectivity index (χ3n) is 15.1. The van der Waals surface area contributed by atoms with Gasteiger partial charge in [0.05, 0.1) is 43.3 Å². The lowest BCUT2D eigenvalue weighted by atomic mass is 9.88. The Hall–Kier alpha value is -7.35. The maximum Gasteiger partial charge on any atom is 0.373 e. The summed E-state index contributed by atoms with van der Waals surface area (Å²) in [5, 5.41) is 114. The molecule has 41 nitrogen and oxygen atoms in total. The van der Waals surface area contributed by atoms with Gasteiger partial charge in [-0.05, 0) is 108 Å². The first-order valence-corrected chi connectivity index (χ1v) is 40.8. The zero-order chi connectivity index (χ0) is 84.8. The Balaban J connectivity index is -0.000000455. The van der Waals surface area contributed by atoms with E-state index in [1.165, 1.54) is 18.6 Å². The summed E-state index contributed by atoms with van der Waals surface area (Å²) >= 11 is 10.9. The number of hydrogen-bond donors (Lipinski definition) is 25. The van der Waals surface area contributed by atoms with Crippen LogP contribution in [-0.4, -0.2) is 294 Å². The van der Waals surface area contributed by atoms with Gasteiger partial charge in [0.15, 0.2) is 0 Å². The van der Waals surface area contributed by atoms with Crippen LogP contribution in [0.25, 0.3) is 0 Å². The van der Waals surface area contributed by atoms with Gasteiger partial charge < -0.3 is 131 Å². The van der Waals surface area contributed by atoms with Crippen molar-refractivity contribution >= 4 is 173 Å². The van der Waals surface area contributed by atoms with Crippen LogP contribution in [0.15, 0.2) is 0 Å². The van der Waals surface area contributed by atoms with Crippen molar-refractivity contribution in [1.82, 2.24) is 90.0 Å². The number of likely N-dealkylation sites (N-methyl/N-ethyl adjacent to an activating group) is 2. The van der Waals surface area contributed by atoms with Crippen molar-refractivity contribution in [3.8, 4) is 0 Å². The molecule has 0 saturated carbocycles. The second-order valence-electron chi connectivity index (χ2n) is 24.9. The van der Waals surface area contributed by atoms with E-state index in [9.17, 15) is 81.7 Å². The zero-order valence-corrected chi connectivity index (χ0v) is 68.3. The van der Waals surface area contributed by atoms with Crippen LogP contribution < -0.4 is 90.0 Å². The number of nitrogens with one attached hydrogen (secondary N) is 17. The number of hydrogen-bond acceptors (Lipinski definition) is 27. The van der Waals surface area contributed by atoms with Crippen LogP contribution >= 0.6 is 26.5 Å². The molecular formula is C60H117B4N17O24P2S3. The molecule has 2 aliphatic rings. The number of unbranched alkanes of at least 4 members (excludes halogenated alkanes) is 1. The maximum absolute atomic E-state index is 12.8. The van der Waals surface area contributed by atoms with E-state index in [0.717, 1.165) is 19.4 Å². The number of urea groups is 1. The summed E-state index contributed by atoms with van der Waals surface area (Å²) in [6.07, 6.45) is 2.91. The predicted molar refractivity (Wildman–Crippen MR) is 425 cm³/mol. The molecule has 2 fully saturated rings. The Labute approximate surface area is 662 Å². The van der Waals surface area contributed by atoms with Gasteiger partial charge in [-0.3, -0.25) is 67.1 Å². The highest BCUT2D eigenvalue weighted by Gasteiger charge is 2.44. The van der Waals surface area contributed by atoms with Gasteiger partial charge in [-0.1, -0.05) is 71.6 Å². The molecule has 0 bridgehead atoms. The van der Waals surface area contributed by atoms with Gasteiger partial charge in [-0.25, -0.2) is 9.59 Å². The van der Waals surface area contributed by atoms with Gasteiger partial charge in [0.2, 0.25) is 65.0 Å². The lowest BCUT2D eigenvalue weighted by Gasteiger charge is -2.22. The van der Waals surface area contributed by atoms with E-state index in [1.807, 2.05) is 19.2 Å². The molecule has 0 aliphatic carbocycles. The Morgan fingerprint density at radius 3 is 1.33 bits per heavy atom. The molecule has 626 valence electrons. The first-order valence-electron chi connectivity index (χ1n) is 35.6. The average Bonchev–Trinajstić information content (AvgIpc) is 1.66. The molecule has 2 rings (SSSR count). The molecule has 0 radical (unpaired) electrons. The molecule has 13 amide bonds. The van der Waals surface area contributed by atoms with Crippen LogP contribution in [0.5, 0.6) is 0 Å². The molecule has 2 aliphatic heterocycles. The fourth-order valence-corrected chi connectivity index (χ4v) is 11.6. The molecule has 2 heterocycles. The van der Waals surface area contributed by atoms with Crippen molar-refractivity contribution in [2.45, 2.75) is 188 Å². The third kappa shape index (κ3) is 52.7. The van der Waals surface area contributed by atoms with Crippen LogP contribution in [0.1, 0.15) is 110 Å². The summed E-state index contributed by atoms with van der Waals surface area (Å²) in [5.74, 6) is -10.7. The van der Waals surface area contributed by atoms with Crippen LogP contribution in [0.2, 0.25) is 27.3 Å². The predicted octanol–water partition coefficient (Wildman–Crippen LogP) is -5.84. The van der Waals surface area contributed by atoms with Crippen molar-refractivity contribution in [2.24, 2.45) is 17.8 Å². The van der Waals surface area contributed by atoms with Crippen molar-refractivity contribution in [3.63, 3.8) is 0 Å². The summed E-state index contributed by atoms with van der Waals surface area (Å²) < 4.78 is 0. The number of carbonyl (C=O) groups excluding carboxylic acids is 12. The molecule has 25 N–H and O–H groups in total. The number of amides is 13. The van der Waals surface area contributed by atoms with E-state index in [0.29, 0.717) is 65.0 Å². The highest BCUT2D eigenvalue weighted by atomic mass is 32.4. The maximum atomic E-state index is 12.8. The van der Waals surface area contributed by atoms with Crippen molar-refractivity contribution in [2.75, 3.05) is 77.0 Å². The Morgan fingerprint density at radius 2 is 0.909 bits per heavy atom. The normalized spacial score (nSPS) is 16.0. The molecule has 0 spiro atoms. The smallest absolute Gasteiger partial charge is 0.373 e. The molecule has 12 atom stereocenters. The van der Waals surface area contributed by atoms with Gasteiger partial charge in [-0.15, -0.1) is 0 Å². The van der Waals surface area contributed by atoms with Crippen molar-refractivity contribution < 1.29 is 120 Å². The number of aliphatic carboxylic acids is 4. The van der Waals surface area contributed by atoms with Crippen LogP contribution in [0.3, 0.4) is 0 Å². The monoisotopic (exact) mass is 1670 g/mol. The molecule has 110 heavy (non-hydrogen) atoms. The second-order valence-corrected chi connectivity index (χ2v) is 28.9. The van der Waals surface area contributed by atoms with Crippen LogP contribution in [-0.2, 0) is 95.5 Å². The molecule has 50 heteroatoms. The largest absolute Gasteiger partial charge is 0.481 e. The lowest BCUT2D eigenvalue weighted by molar-refractivity contribution is -0.142. The summed E-state index contributed by atoms with van der Waals surface area (Å²) in [5.41, 5.74) is 0. The number of rotatable bonds is 49. The molecule has 2 saturated heterocycles. The number of carbonyl (C=O) groups is 16. The Kier molecular flexibility index (Phi) is 60.4. The minimum absolute atomic E-state index is 0. The van der Waals surface area contributed by atoms with E-state index in [-0.39, 0.29) is 106 Å². The molecule has 0 aromatic heterocycles. The highest BCUT2D eigenvalue weighted by Crippen LogP contribution is 2.32. The minimum atomic E-state index is -1.68. The molecule has 0 aromatic carbocycles. The number of thioether (sulfide) groups is 1. The summed E-state index contributed by atoms with van der Waals surface area (Å²) in [6.45, 7) is 21.1. The van der Waals surface area contributed by atoms with Gasteiger partial charge in [0, 0.05) is 58.3 Å². The number of carboxylic acid groups (broad SMARTS) is 4.